The average molecular weight is 281 g/mol. The van der Waals surface area contributed by atoms with Gasteiger partial charge < -0.3 is 9.84 Å². The van der Waals surface area contributed by atoms with Gasteiger partial charge in [-0.2, -0.15) is 0 Å². The van der Waals surface area contributed by atoms with Gasteiger partial charge in [-0.15, -0.1) is 0 Å². The molecular weight excluding hydrogens is 262 g/mol. The van der Waals surface area contributed by atoms with Crippen LogP contribution in [0.25, 0.3) is 0 Å². The summed E-state index contributed by atoms with van der Waals surface area (Å²) in [5, 5.41) is 14.9. The summed E-state index contributed by atoms with van der Waals surface area (Å²) in [5.74, 6) is 4.58. The minimum absolute atomic E-state index is 0.197. The molecule has 2 heterocycles. The quantitative estimate of drug-likeness (QED) is 0.884. The summed E-state index contributed by atoms with van der Waals surface area (Å²) in [7, 11) is 0. The second kappa shape index (κ2) is 2.82. The maximum absolute atomic E-state index is 11.1. The lowest BCUT2D eigenvalue weighted by molar-refractivity contribution is -0.215. The molecular formula is C18H19NO2. The van der Waals surface area contributed by atoms with Crippen molar-refractivity contribution < 1.29 is 9.84 Å². The minimum atomic E-state index is -0.768. The van der Waals surface area contributed by atoms with Gasteiger partial charge in [-0.05, 0) is 35.7 Å². The number of benzene rings is 1. The number of nitrogens with one attached hydrogen (secondary N) is 1. The monoisotopic (exact) mass is 281 g/mol. The van der Waals surface area contributed by atoms with Gasteiger partial charge in [-0.1, -0.05) is 30.3 Å². The Bertz CT molecular complexity index is 677. The Morgan fingerprint density at radius 1 is 1.05 bits per heavy atom. The molecule has 10 atom stereocenters. The van der Waals surface area contributed by atoms with Crippen molar-refractivity contribution in [3.05, 3.63) is 35.9 Å². The lowest BCUT2D eigenvalue weighted by Crippen LogP contribution is -2.57. The number of rotatable bonds is 3. The molecule has 2 aliphatic heterocycles. The maximum Gasteiger partial charge on any atom is 0.174 e. The molecule has 0 amide bonds. The molecule has 2 N–H and O–H groups in total. The zero-order chi connectivity index (χ0) is 13.6. The van der Waals surface area contributed by atoms with Crippen LogP contribution in [0.5, 0.6) is 0 Å². The van der Waals surface area contributed by atoms with Crippen LogP contribution >= 0.6 is 0 Å². The first-order valence-electron chi connectivity index (χ1n) is 8.47. The Labute approximate surface area is 123 Å². The third-order valence-corrected chi connectivity index (χ3v) is 8.19. The highest BCUT2D eigenvalue weighted by Crippen LogP contribution is 2.92. The van der Waals surface area contributed by atoms with Crippen LogP contribution in [0.15, 0.2) is 30.3 Å². The number of ether oxygens (including phenoxy) is 1. The zero-order valence-corrected chi connectivity index (χ0v) is 11.8. The summed E-state index contributed by atoms with van der Waals surface area (Å²) in [5.41, 5.74) is 1.11. The van der Waals surface area contributed by atoms with Crippen LogP contribution in [-0.4, -0.2) is 16.6 Å². The van der Waals surface area contributed by atoms with E-state index >= 15 is 0 Å². The topological polar surface area (TPSA) is 41.5 Å². The van der Waals surface area contributed by atoms with E-state index in [2.05, 4.69) is 35.6 Å². The van der Waals surface area contributed by atoms with Crippen LogP contribution in [0.1, 0.15) is 12.0 Å². The molecule has 0 unspecified atom stereocenters. The summed E-state index contributed by atoms with van der Waals surface area (Å²) in [6, 6.07) is 10.6. The molecule has 21 heavy (non-hydrogen) atoms. The van der Waals surface area contributed by atoms with Crippen molar-refractivity contribution in [1.29, 1.82) is 0 Å². The number of hydrogen-bond acceptors (Lipinski definition) is 3. The zero-order valence-electron chi connectivity index (χ0n) is 11.8. The second-order valence-electron chi connectivity index (χ2n) is 8.31. The summed E-state index contributed by atoms with van der Waals surface area (Å²) < 4.78 is 6.41. The molecule has 3 heteroatoms. The highest BCUT2D eigenvalue weighted by molar-refractivity contribution is 5.40. The molecule has 4 bridgehead atoms. The lowest BCUT2D eigenvalue weighted by Gasteiger charge is -2.46. The van der Waals surface area contributed by atoms with E-state index in [9.17, 15) is 5.11 Å². The highest BCUT2D eigenvalue weighted by Gasteiger charge is 2.97. The van der Waals surface area contributed by atoms with Gasteiger partial charge in [0.25, 0.3) is 0 Å². The van der Waals surface area contributed by atoms with E-state index in [1.165, 1.54) is 12.0 Å². The van der Waals surface area contributed by atoms with Gasteiger partial charge >= 0.3 is 0 Å². The molecule has 1 aromatic rings. The van der Waals surface area contributed by atoms with Crippen molar-refractivity contribution in [2.75, 3.05) is 0 Å². The summed E-state index contributed by atoms with van der Waals surface area (Å²) in [6.07, 6.45) is 1.37. The first kappa shape index (κ1) is 10.8. The van der Waals surface area contributed by atoms with Crippen LogP contribution in [0.2, 0.25) is 0 Å². The van der Waals surface area contributed by atoms with E-state index in [-0.39, 0.29) is 5.72 Å². The summed E-state index contributed by atoms with van der Waals surface area (Å²) in [4.78, 5) is 0. The van der Waals surface area contributed by atoms with Crippen molar-refractivity contribution in [3.8, 4) is 0 Å². The average Bonchev–Trinajstić information content (AvgIpc) is 3.09. The fraction of sp³-hybridized carbons (Fsp3) is 0.667. The van der Waals surface area contributed by atoms with E-state index in [0.29, 0.717) is 23.7 Å². The predicted molar refractivity (Wildman–Crippen MR) is 74.6 cm³/mol. The van der Waals surface area contributed by atoms with Crippen LogP contribution in [-0.2, 0) is 11.3 Å². The van der Waals surface area contributed by atoms with Crippen LogP contribution in [0.3, 0.4) is 0 Å². The Balaban J connectivity index is 1.32. The number of hydrogen-bond donors (Lipinski definition) is 2. The smallest absolute Gasteiger partial charge is 0.174 e. The van der Waals surface area contributed by atoms with E-state index in [4.69, 9.17) is 4.74 Å². The van der Waals surface area contributed by atoms with Crippen molar-refractivity contribution in [2.24, 2.45) is 47.3 Å². The van der Waals surface area contributed by atoms with Crippen LogP contribution < -0.4 is 5.32 Å². The van der Waals surface area contributed by atoms with Gasteiger partial charge in [-0.25, -0.2) is 0 Å². The van der Waals surface area contributed by atoms with Gasteiger partial charge in [0.1, 0.15) is 5.72 Å². The molecule has 2 saturated heterocycles. The Morgan fingerprint density at radius 3 is 2.67 bits per heavy atom. The molecule has 5 aliphatic carbocycles. The van der Waals surface area contributed by atoms with Crippen molar-refractivity contribution in [1.82, 2.24) is 5.32 Å². The fourth-order valence-electron chi connectivity index (χ4n) is 8.18. The largest absolute Gasteiger partial charge is 0.365 e. The number of aliphatic hydroxyl groups is 1. The Kier molecular flexibility index (Phi) is 1.45. The molecule has 0 spiro atoms. The molecule has 5 saturated carbocycles. The molecule has 3 nitrogen and oxygen atoms in total. The van der Waals surface area contributed by atoms with Crippen molar-refractivity contribution in [2.45, 2.75) is 24.5 Å². The lowest BCUT2D eigenvalue weighted by atomic mass is 9.58. The third-order valence-electron chi connectivity index (χ3n) is 8.19. The molecule has 1 aromatic carbocycles. The first-order chi connectivity index (χ1) is 10.3. The van der Waals surface area contributed by atoms with Gasteiger partial charge in [0.05, 0.1) is 0 Å². The molecule has 7 fully saturated rings. The van der Waals surface area contributed by atoms with Gasteiger partial charge in [0.15, 0.2) is 5.79 Å². The van der Waals surface area contributed by atoms with Gasteiger partial charge in [0.2, 0.25) is 0 Å². The minimum Gasteiger partial charge on any atom is -0.365 e. The molecule has 0 radical (unpaired) electrons. The highest BCUT2D eigenvalue weighted by atomic mass is 16.7. The third kappa shape index (κ3) is 0.809. The summed E-state index contributed by atoms with van der Waals surface area (Å²) in [6.45, 7) is 0.859. The standard InChI is InChI=1S/C18H19NO2/c20-18-14-10-6-9-11-12(10)16(18)15(11)17(21-18,13(9)14)19-7-8-4-2-1-3-5-8/h1-5,9-16,19-20H,6-7H2/t9-,10+,11-,12-,13+,14-,15-,16+,17-,18+/m0/s1. The second-order valence-corrected chi connectivity index (χ2v) is 8.31. The summed E-state index contributed by atoms with van der Waals surface area (Å²) >= 11 is 0. The van der Waals surface area contributed by atoms with Gasteiger partial charge in [0, 0.05) is 30.2 Å². The molecule has 0 aromatic heterocycles. The normalized spacial score (nSPS) is 65.8. The Morgan fingerprint density at radius 2 is 1.81 bits per heavy atom. The van der Waals surface area contributed by atoms with Crippen LogP contribution in [0.4, 0.5) is 0 Å². The maximum atomic E-state index is 11.1. The SMILES string of the molecule is O[C@]12O[C@@]3(NCc4ccccc4)[C@@H]4[C@H]5C[C@H]([C@H]6[C@H]5[C@H]3[C@@H]61)[C@@H]42. The van der Waals surface area contributed by atoms with Crippen molar-refractivity contribution >= 4 is 0 Å². The molecule has 108 valence electrons. The van der Waals surface area contributed by atoms with Gasteiger partial charge in [-0.3, -0.25) is 5.32 Å². The molecule has 7 aliphatic rings. The van der Waals surface area contributed by atoms with Crippen LogP contribution in [0, 0.1) is 47.3 Å². The Hall–Kier alpha value is -0.900. The van der Waals surface area contributed by atoms with Crippen molar-refractivity contribution in [3.63, 3.8) is 0 Å². The molecule has 8 rings (SSSR count). The predicted octanol–water partition coefficient (Wildman–Crippen LogP) is 1.58. The van der Waals surface area contributed by atoms with E-state index < -0.39 is 5.79 Å². The van der Waals surface area contributed by atoms with E-state index in [1.54, 1.807) is 0 Å². The fourth-order valence-corrected chi connectivity index (χ4v) is 8.18. The van der Waals surface area contributed by atoms with E-state index in [1.807, 2.05) is 0 Å². The van der Waals surface area contributed by atoms with E-state index in [0.717, 1.165) is 30.2 Å². The first-order valence-corrected chi connectivity index (χ1v) is 8.47.